The lowest BCUT2D eigenvalue weighted by Gasteiger charge is -1.93. The number of hydrogen-bond donors (Lipinski definition) is 0. The van der Waals surface area contributed by atoms with E-state index in [9.17, 15) is 4.79 Å². The van der Waals surface area contributed by atoms with Gasteiger partial charge in [0.1, 0.15) is 0 Å². The van der Waals surface area contributed by atoms with Crippen LogP contribution in [0.15, 0.2) is 0 Å². The van der Waals surface area contributed by atoms with Crippen molar-refractivity contribution >= 4 is 27.9 Å². The normalized spacial score (nSPS) is 15.8. The molecule has 0 amide bonds. The van der Waals surface area contributed by atoms with E-state index in [2.05, 4.69) is 0 Å². The number of carbonyl (C=O) groups excluding carboxylic acids is 1. The van der Waals surface area contributed by atoms with Gasteiger partial charge in [0.25, 0.3) is 0 Å². The lowest BCUT2D eigenvalue weighted by Crippen LogP contribution is -2.00. The zero-order chi connectivity index (χ0) is 5.82. The highest BCUT2D eigenvalue weighted by atomic mass is 28.1. The van der Waals surface area contributed by atoms with Crippen molar-refractivity contribution in [2.45, 2.75) is 33.1 Å². The molecule has 1 aliphatic rings. The second kappa shape index (κ2) is 9.90. The molecule has 1 saturated heterocycles. The van der Waals surface area contributed by atoms with Gasteiger partial charge in [0.15, 0.2) is 0 Å². The van der Waals surface area contributed by atoms with Crippen LogP contribution in [0.3, 0.4) is 0 Å². The summed E-state index contributed by atoms with van der Waals surface area (Å²) in [6.07, 6.45) is 3.83. The average molecular weight is 194 g/mol. The Morgan fingerprint density at radius 1 is 1.09 bits per heavy atom. The van der Waals surface area contributed by atoms with Gasteiger partial charge in [-0.15, -0.1) is 0 Å². The fourth-order valence-corrected chi connectivity index (χ4v) is 0.806. The molecule has 4 heteroatoms. The van der Waals surface area contributed by atoms with Crippen molar-refractivity contribution < 1.29 is 9.53 Å². The molecule has 70 valence electrons. The van der Waals surface area contributed by atoms with E-state index in [0.29, 0.717) is 13.0 Å². The number of hydrogen-bond acceptors (Lipinski definition) is 2. The van der Waals surface area contributed by atoms with E-state index >= 15 is 0 Å². The highest BCUT2D eigenvalue weighted by molar-refractivity contribution is 5.76. The quantitative estimate of drug-likeness (QED) is 0.359. The Morgan fingerprint density at radius 3 is 2.36 bits per heavy atom. The smallest absolute Gasteiger partial charge is 0.305 e. The van der Waals surface area contributed by atoms with Crippen molar-refractivity contribution in [3.8, 4) is 0 Å². The van der Waals surface area contributed by atoms with Crippen LogP contribution in [-0.2, 0) is 9.53 Å². The summed E-state index contributed by atoms with van der Waals surface area (Å²) in [6.45, 7) is 0.638. The van der Waals surface area contributed by atoms with Crippen molar-refractivity contribution in [1.82, 2.24) is 0 Å². The molecule has 0 radical (unpaired) electrons. The average Bonchev–Trinajstić information content (AvgIpc) is 1.94. The van der Waals surface area contributed by atoms with Crippen molar-refractivity contribution in [2.24, 2.45) is 0 Å². The maximum atomic E-state index is 10.5. The SMILES string of the molecule is C.O=C1CCCCCO1.[SiH4].[SiH4]. The molecule has 1 fully saturated rings. The van der Waals surface area contributed by atoms with Crippen molar-refractivity contribution in [2.75, 3.05) is 6.61 Å². The van der Waals surface area contributed by atoms with Crippen LogP contribution in [0.1, 0.15) is 33.1 Å². The van der Waals surface area contributed by atoms with Gasteiger partial charge in [0.2, 0.25) is 0 Å². The summed E-state index contributed by atoms with van der Waals surface area (Å²) in [5.41, 5.74) is 0. The van der Waals surface area contributed by atoms with Gasteiger partial charge in [-0.05, 0) is 41.2 Å². The molecule has 1 heterocycles. The first-order chi connectivity index (χ1) is 3.89. The minimum absolute atomic E-state index is 0. The first-order valence-corrected chi connectivity index (χ1v) is 3.05. The van der Waals surface area contributed by atoms with Crippen LogP contribution in [0, 0.1) is 0 Å². The van der Waals surface area contributed by atoms with Gasteiger partial charge in [0.05, 0.1) is 6.61 Å². The van der Waals surface area contributed by atoms with E-state index in [1.807, 2.05) is 0 Å². The summed E-state index contributed by atoms with van der Waals surface area (Å²) in [4.78, 5) is 10.5. The van der Waals surface area contributed by atoms with Gasteiger partial charge in [-0.3, -0.25) is 4.79 Å². The molecular formula is C7H22O2Si2. The topological polar surface area (TPSA) is 26.3 Å². The minimum Gasteiger partial charge on any atom is -0.466 e. The van der Waals surface area contributed by atoms with Crippen LogP contribution in [-0.4, -0.2) is 34.5 Å². The first-order valence-electron chi connectivity index (χ1n) is 3.05. The Labute approximate surface area is 77.8 Å². The van der Waals surface area contributed by atoms with E-state index in [1.54, 1.807) is 0 Å². The molecule has 0 saturated carbocycles. The molecule has 0 aromatic carbocycles. The maximum absolute atomic E-state index is 10.5. The van der Waals surface area contributed by atoms with Gasteiger partial charge >= 0.3 is 5.97 Å². The Hall–Kier alpha value is -0.0962. The largest absolute Gasteiger partial charge is 0.466 e. The molecule has 0 unspecified atom stereocenters. The van der Waals surface area contributed by atoms with E-state index in [0.717, 1.165) is 19.3 Å². The third kappa shape index (κ3) is 7.80. The van der Waals surface area contributed by atoms with Crippen LogP contribution in [0.5, 0.6) is 0 Å². The van der Waals surface area contributed by atoms with Crippen LogP contribution in [0.2, 0.25) is 0 Å². The Balaban J connectivity index is -0.000000213. The van der Waals surface area contributed by atoms with Crippen molar-refractivity contribution in [1.29, 1.82) is 0 Å². The fraction of sp³-hybridized carbons (Fsp3) is 0.857. The van der Waals surface area contributed by atoms with Crippen molar-refractivity contribution in [3.05, 3.63) is 0 Å². The predicted octanol–water partition coefficient (Wildman–Crippen LogP) is -1.16. The van der Waals surface area contributed by atoms with Crippen molar-refractivity contribution in [3.63, 3.8) is 0 Å². The molecule has 0 bridgehead atoms. The molecule has 0 N–H and O–H groups in total. The second-order valence-corrected chi connectivity index (χ2v) is 2.03. The molecule has 0 aliphatic carbocycles. The molecular weight excluding hydrogens is 172 g/mol. The molecule has 0 aromatic rings. The summed E-state index contributed by atoms with van der Waals surface area (Å²) in [6, 6.07) is 0. The maximum Gasteiger partial charge on any atom is 0.305 e. The van der Waals surface area contributed by atoms with Gasteiger partial charge < -0.3 is 4.74 Å². The standard InChI is InChI=1S/C6H10O2.CH4.2H4Si/c7-6-4-2-1-3-5-8-6;;;/h1-5H2;3*1H4. The van der Waals surface area contributed by atoms with Gasteiger partial charge in [-0.2, -0.15) is 0 Å². The van der Waals surface area contributed by atoms with Gasteiger partial charge in [0, 0.05) is 6.42 Å². The molecule has 2 nitrogen and oxygen atoms in total. The third-order valence-electron chi connectivity index (χ3n) is 1.29. The number of esters is 1. The monoisotopic (exact) mass is 194 g/mol. The molecule has 11 heavy (non-hydrogen) atoms. The van der Waals surface area contributed by atoms with Crippen LogP contribution in [0.25, 0.3) is 0 Å². The summed E-state index contributed by atoms with van der Waals surface area (Å²) in [5, 5.41) is 0. The Morgan fingerprint density at radius 2 is 1.73 bits per heavy atom. The predicted molar refractivity (Wildman–Crippen MR) is 58.8 cm³/mol. The highest BCUT2D eigenvalue weighted by Gasteiger charge is 2.05. The molecule has 1 rings (SSSR count). The summed E-state index contributed by atoms with van der Waals surface area (Å²) in [5.74, 6) is -0.0255. The van der Waals surface area contributed by atoms with E-state index < -0.39 is 0 Å². The van der Waals surface area contributed by atoms with E-state index in [-0.39, 0.29) is 35.3 Å². The van der Waals surface area contributed by atoms with Crippen LogP contribution >= 0.6 is 0 Å². The van der Waals surface area contributed by atoms with Crippen LogP contribution in [0.4, 0.5) is 0 Å². The molecule has 1 aliphatic heterocycles. The highest BCUT2D eigenvalue weighted by Crippen LogP contribution is 2.06. The molecule has 0 aromatic heterocycles. The Kier molecular flexibility index (Phi) is 15.4. The number of carbonyl (C=O) groups is 1. The number of cyclic esters (lactones) is 1. The minimum atomic E-state index is -0.0255. The molecule has 0 spiro atoms. The second-order valence-electron chi connectivity index (χ2n) is 2.03. The fourth-order valence-electron chi connectivity index (χ4n) is 0.806. The van der Waals surface area contributed by atoms with Gasteiger partial charge in [-0.25, -0.2) is 0 Å². The van der Waals surface area contributed by atoms with Gasteiger partial charge in [-0.1, -0.05) is 7.43 Å². The first kappa shape index (κ1) is 17.1. The zero-order valence-corrected chi connectivity index (χ0v) is 4.85. The number of rotatable bonds is 0. The van der Waals surface area contributed by atoms with Crippen LogP contribution < -0.4 is 0 Å². The summed E-state index contributed by atoms with van der Waals surface area (Å²) < 4.78 is 4.76. The lowest BCUT2D eigenvalue weighted by molar-refractivity contribution is -0.142. The third-order valence-corrected chi connectivity index (χ3v) is 1.29. The zero-order valence-electron chi connectivity index (χ0n) is 4.85. The Bertz CT molecular complexity index is 86.4. The summed E-state index contributed by atoms with van der Waals surface area (Å²) in [7, 11) is 0. The van der Waals surface area contributed by atoms with E-state index in [4.69, 9.17) is 4.74 Å². The number of ether oxygens (including phenoxy) is 1. The lowest BCUT2D eigenvalue weighted by atomic mass is 10.2. The molecule has 0 atom stereocenters. The summed E-state index contributed by atoms with van der Waals surface area (Å²) >= 11 is 0. The van der Waals surface area contributed by atoms with E-state index in [1.165, 1.54) is 0 Å².